The van der Waals surface area contributed by atoms with E-state index in [0.717, 1.165) is 32.4 Å². The number of carbonyl (C=O) groups excluding carboxylic acids is 1. The van der Waals surface area contributed by atoms with Crippen LogP contribution in [0.2, 0.25) is 0 Å². The van der Waals surface area contributed by atoms with Gasteiger partial charge >= 0.3 is 0 Å². The van der Waals surface area contributed by atoms with Crippen molar-refractivity contribution >= 4 is 5.91 Å². The van der Waals surface area contributed by atoms with Gasteiger partial charge in [0.2, 0.25) is 5.91 Å². The Morgan fingerprint density at radius 1 is 1.40 bits per heavy atom. The molecule has 0 aromatic rings. The van der Waals surface area contributed by atoms with Crippen LogP contribution in [0.5, 0.6) is 0 Å². The zero-order valence-electron chi connectivity index (χ0n) is 10.2. The number of hydrogen-bond acceptors (Lipinski definition) is 2. The van der Waals surface area contributed by atoms with Gasteiger partial charge in [-0.2, -0.15) is 0 Å². The van der Waals surface area contributed by atoms with Crippen LogP contribution in [0.3, 0.4) is 0 Å². The summed E-state index contributed by atoms with van der Waals surface area (Å²) in [5.41, 5.74) is 5.94. The molecular formula is C12H24N2O. The Balaban J connectivity index is 2.58. The lowest BCUT2D eigenvalue weighted by Gasteiger charge is -2.36. The van der Waals surface area contributed by atoms with E-state index in [1.807, 2.05) is 4.90 Å². The van der Waals surface area contributed by atoms with E-state index in [-0.39, 0.29) is 12.0 Å². The molecule has 2 unspecified atom stereocenters. The number of rotatable bonds is 3. The van der Waals surface area contributed by atoms with Crippen LogP contribution < -0.4 is 5.73 Å². The minimum atomic E-state index is 0.173. The lowest BCUT2D eigenvalue weighted by atomic mass is 9.94. The van der Waals surface area contributed by atoms with Crippen LogP contribution in [0.25, 0.3) is 0 Å². The average Bonchev–Trinajstić information content (AvgIpc) is 2.18. The summed E-state index contributed by atoms with van der Waals surface area (Å²) >= 11 is 0. The molecule has 3 nitrogen and oxygen atoms in total. The lowest BCUT2D eigenvalue weighted by molar-refractivity contribution is -0.137. The topological polar surface area (TPSA) is 46.3 Å². The van der Waals surface area contributed by atoms with Crippen molar-refractivity contribution in [1.29, 1.82) is 0 Å². The third kappa shape index (κ3) is 3.20. The Bertz CT molecular complexity index is 204. The van der Waals surface area contributed by atoms with E-state index >= 15 is 0 Å². The summed E-state index contributed by atoms with van der Waals surface area (Å²) in [4.78, 5) is 14.1. The molecule has 1 fully saturated rings. The number of carbonyl (C=O) groups is 1. The standard InChI is InChI=1S/C12H24N2O/c1-4-10(5-2)12(15)14-7-9(3)6-11(13)8-14/h9-11H,4-8,13H2,1-3H3. The summed E-state index contributed by atoms with van der Waals surface area (Å²) in [6.07, 6.45) is 2.93. The van der Waals surface area contributed by atoms with Crippen LogP contribution in [0, 0.1) is 11.8 Å². The molecule has 1 rings (SSSR count). The summed E-state index contributed by atoms with van der Waals surface area (Å²) in [5.74, 6) is 1.05. The molecule has 2 N–H and O–H groups in total. The molecule has 0 saturated carbocycles. The Kier molecular flexibility index (Phi) is 4.58. The highest BCUT2D eigenvalue weighted by atomic mass is 16.2. The van der Waals surface area contributed by atoms with E-state index in [1.54, 1.807) is 0 Å². The first-order valence-electron chi connectivity index (χ1n) is 6.12. The van der Waals surface area contributed by atoms with Crippen molar-refractivity contribution in [1.82, 2.24) is 4.90 Å². The van der Waals surface area contributed by atoms with Gasteiger partial charge in [-0.3, -0.25) is 4.79 Å². The maximum Gasteiger partial charge on any atom is 0.225 e. The smallest absolute Gasteiger partial charge is 0.225 e. The van der Waals surface area contributed by atoms with Crippen molar-refractivity contribution < 1.29 is 4.79 Å². The molecule has 88 valence electrons. The van der Waals surface area contributed by atoms with Gasteiger partial charge in [0.25, 0.3) is 0 Å². The zero-order chi connectivity index (χ0) is 11.4. The van der Waals surface area contributed by atoms with Crippen LogP contribution in [0.15, 0.2) is 0 Å². The molecule has 15 heavy (non-hydrogen) atoms. The highest BCUT2D eigenvalue weighted by molar-refractivity contribution is 5.78. The van der Waals surface area contributed by atoms with Gasteiger partial charge < -0.3 is 10.6 Å². The molecule has 0 radical (unpaired) electrons. The van der Waals surface area contributed by atoms with Gasteiger partial charge in [-0.1, -0.05) is 20.8 Å². The molecule has 0 bridgehead atoms. The fraction of sp³-hybridized carbons (Fsp3) is 0.917. The summed E-state index contributed by atoms with van der Waals surface area (Å²) in [7, 11) is 0. The van der Waals surface area contributed by atoms with E-state index in [9.17, 15) is 4.79 Å². The molecule has 1 aliphatic rings. The van der Waals surface area contributed by atoms with E-state index < -0.39 is 0 Å². The first kappa shape index (κ1) is 12.5. The number of hydrogen-bond donors (Lipinski definition) is 1. The summed E-state index contributed by atoms with van der Waals surface area (Å²) < 4.78 is 0. The molecule has 1 heterocycles. The predicted octanol–water partition coefficient (Wildman–Crippen LogP) is 1.62. The second-order valence-corrected chi connectivity index (χ2v) is 4.86. The minimum absolute atomic E-state index is 0.173. The molecule has 0 aliphatic carbocycles. The van der Waals surface area contributed by atoms with Crippen molar-refractivity contribution in [2.75, 3.05) is 13.1 Å². The van der Waals surface area contributed by atoms with Crippen LogP contribution in [0.4, 0.5) is 0 Å². The number of likely N-dealkylation sites (tertiary alicyclic amines) is 1. The first-order chi connectivity index (χ1) is 7.08. The van der Waals surface area contributed by atoms with Gasteiger partial charge in [0.1, 0.15) is 0 Å². The van der Waals surface area contributed by atoms with Gasteiger partial charge in [-0.25, -0.2) is 0 Å². The Morgan fingerprint density at radius 3 is 2.47 bits per heavy atom. The Hall–Kier alpha value is -0.570. The van der Waals surface area contributed by atoms with Gasteiger partial charge in [0.05, 0.1) is 0 Å². The monoisotopic (exact) mass is 212 g/mol. The molecule has 1 saturated heterocycles. The van der Waals surface area contributed by atoms with Gasteiger partial charge in [-0.05, 0) is 25.2 Å². The number of nitrogens with two attached hydrogens (primary N) is 1. The Morgan fingerprint density at radius 2 is 2.00 bits per heavy atom. The summed E-state index contributed by atoms with van der Waals surface area (Å²) in [6.45, 7) is 7.98. The van der Waals surface area contributed by atoms with Crippen molar-refractivity contribution in [3.63, 3.8) is 0 Å². The molecule has 0 spiro atoms. The fourth-order valence-electron chi connectivity index (χ4n) is 2.48. The van der Waals surface area contributed by atoms with E-state index in [1.165, 1.54) is 0 Å². The quantitative estimate of drug-likeness (QED) is 0.772. The van der Waals surface area contributed by atoms with E-state index in [4.69, 9.17) is 5.73 Å². The molecule has 0 aromatic heterocycles. The number of nitrogens with zero attached hydrogens (tertiary/aromatic N) is 1. The van der Waals surface area contributed by atoms with Crippen molar-refractivity contribution in [3.05, 3.63) is 0 Å². The maximum atomic E-state index is 12.1. The highest BCUT2D eigenvalue weighted by Crippen LogP contribution is 2.19. The molecule has 1 aliphatic heterocycles. The molecule has 1 amide bonds. The predicted molar refractivity (Wildman–Crippen MR) is 62.4 cm³/mol. The van der Waals surface area contributed by atoms with Crippen molar-refractivity contribution in [2.24, 2.45) is 17.6 Å². The fourth-order valence-corrected chi connectivity index (χ4v) is 2.48. The highest BCUT2D eigenvalue weighted by Gasteiger charge is 2.28. The zero-order valence-corrected chi connectivity index (χ0v) is 10.2. The van der Waals surface area contributed by atoms with Gasteiger partial charge in [0.15, 0.2) is 0 Å². The molecule has 3 heteroatoms. The first-order valence-corrected chi connectivity index (χ1v) is 6.12. The van der Waals surface area contributed by atoms with Crippen molar-refractivity contribution in [2.45, 2.75) is 46.1 Å². The molecule has 0 aromatic carbocycles. The summed E-state index contributed by atoms with van der Waals surface area (Å²) in [5, 5.41) is 0. The number of amides is 1. The van der Waals surface area contributed by atoms with E-state index in [2.05, 4.69) is 20.8 Å². The van der Waals surface area contributed by atoms with Crippen LogP contribution >= 0.6 is 0 Å². The third-order valence-electron chi connectivity index (χ3n) is 3.34. The third-order valence-corrected chi connectivity index (χ3v) is 3.34. The Labute approximate surface area is 93.0 Å². The van der Waals surface area contributed by atoms with Crippen LogP contribution in [0.1, 0.15) is 40.0 Å². The van der Waals surface area contributed by atoms with Crippen LogP contribution in [-0.4, -0.2) is 29.9 Å². The summed E-state index contributed by atoms with van der Waals surface area (Å²) in [6, 6.07) is 0.173. The maximum absolute atomic E-state index is 12.1. The molecular weight excluding hydrogens is 188 g/mol. The largest absolute Gasteiger partial charge is 0.341 e. The normalized spacial score (nSPS) is 27.1. The minimum Gasteiger partial charge on any atom is -0.341 e. The number of piperidine rings is 1. The second kappa shape index (κ2) is 5.50. The SMILES string of the molecule is CCC(CC)C(=O)N1CC(C)CC(N)C1. The van der Waals surface area contributed by atoms with E-state index in [0.29, 0.717) is 11.8 Å². The van der Waals surface area contributed by atoms with Gasteiger partial charge in [-0.15, -0.1) is 0 Å². The van der Waals surface area contributed by atoms with Crippen LogP contribution in [-0.2, 0) is 4.79 Å². The average molecular weight is 212 g/mol. The van der Waals surface area contributed by atoms with Gasteiger partial charge in [0, 0.05) is 25.0 Å². The lowest BCUT2D eigenvalue weighted by Crippen LogP contribution is -2.50. The van der Waals surface area contributed by atoms with Crippen molar-refractivity contribution in [3.8, 4) is 0 Å². The molecule has 2 atom stereocenters. The second-order valence-electron chi connectivity index (χ2n) is 4.86.